The summed E-state index contributed by atoms with van der Waals surface area (Å²) in [7, 11) is 3.47. The first kappa shape index (κ1) is 20.7. The number of ether oxygens (including phenoxy) is 1. The van der Waals surface area contributed by atoms with E-state index in [9.17, 15) is 4.39 Å². The smallest absolute Gasteiger partial charge is 0.232 e. The minimum atomic E-state index is -0.943. The highest BCUT2D eigenvalue weighted by Gasteiger charge is 2.31. The molecule has 0 radical (unpaired) electrons. The summed E-state index contributed by atoms with van der Waals surface area (Å²) in [6, 6.07) is 1.69. The molecule has 0 amide bonds. The molecule has 8 nitrogen and oxygen atoms in total. The molecule has 4 rings (SSSR count). The van der Waals surface area contributed by atoms with Crippen LogP contribution in [0.1, 0.15) is 25.1 Å². The summed E-state index contributed by atoms with van der Waals surface area (Å²) in [5.41, 5.74) is 2.40. The van der Waals surface area contributed by atoms with E-state index in [2.05, 4.69) is 41.6 Å². The molecule has 11 heteroatoms. The van der Waals surface area contributed by atoms with Crippen LogP contribution in [0.15, 0.2) is 18.5 Å². The lowest BCUT2D eigenvalue weighted by Crippen LogP contribution is -2.41. The number of aromatic nitrogens is 5. The molecule has 1 aliphatic heterocycles. The molecule has 0 saturated carbocycles. The Balaban J connectivity index is 1.64. The molecule has 3 aromatic heterocycles. The van der Waals surface area contributed by atoms with Crippen LogP contribution in [-0.2, 0) is 0 Å². The number of likely N-dealkylation sites (tertiary alicyclic amines) is 1. The number of hydrogen-bond donors (Lipinski definition) is 1. The van der Waals surface area contributed by atoms with Crippen molar-refractivity contribution in [1.82, 2.24) is 28.6 Å². The minimum Gasteiger partial charge on any atom is -0.477 e. The Kier molecular flexibility index (Phi) is 6.16. The second-order valence-electron chi connectivity index (χ2n) is 7.08. The Morgan fingerprint density at radius 3 is 2.97 bits per heavy atom. The number of nitrogens with zero attached hydrogens (tertiary/aromatic N) is 6. The lowest BCUT2D eigenvalue weighted by Gasteiger charge is -2.32. The third kappa shape index (κ3) is 4.04. The first-order valence-electron chi connectivity index (χ1n) is 9.46. The summed E-state index contributed by atoms with van der Waals surface area (Å²) < 4.78 is 24.0. The topological polar surface area (TPSA) is 73.0 Å². The Morgan fingerprint density at radius 1 is 1.41 bits per heavy atom. The van der Waals surface area contributed by atoms with Gasteiger partial charge in [-0.15, -0.1) is 0 Å². The number of anilines is 2. The zero-order valence-corrected chi connectivity index (χ0v) is 19.4. The van der Waals surface area contributed by atoms with Gasteiger partial charge in [-0.05, 0) is 33.4 Å². The van der Waals surface area contributed by atoms with Crippen LogP contribution in [0.5, 0.6) is 5.88 Å². The molecule has 4 heterocycles. The summed E-state index contributed by atoms with van der Waals surface area (Å²) in [5, 5.41) is 8.56. The monoisotopic (exact) mass is 531 g/mol. The van der Waals surface area contributed by atoms with Crippen LogP contribution in [0, 0.1) is 6.92 Å². The highest BCUT2D eigenvalue weighted by Crippen LogP contribution is 2.32. The normalized spacial score (nSPS) is 20.3. The summed E-state index contributed by atoms with van der Waals surface area (Å²) in [5.74, 6) is 0.961. The fourth-order valence-corrected chi connectivity index (χ4v) is 4.91. The molecule has 0 bridgehead atoms. The van der Waals surface area contributed by atoms with Gasteiger partial charge in [0.15, 0.2) is 5.65 Å². The number of halogens is 2. The van der Waals surface area contributed by atoms with Crippen LogP contribution in [0.4, 0.5) is 16.0 Å². The van der Waals surface area contributed by atoms with Crippen LogP contribution in [0.25, 0.3) is 11.0 Å². The number of rotatable bonds is 6. The maximum atomic E-state index is 14.6. The van der Waals surface area contributed by atoms with Crippen molar-refractivity contribution in [2.45, 2.75) is 32.5 Å². The first-order valence-corrected chi connectivity index (χ1v) is 12.8. The van der Waals surface area contributed by atoms with Crippen LogP contribution < -0.4 is 10.1 Å². The molecule has 1 fully saturated rings. The maximum Gasteiger partial charge on any atom is 0.232 e. The molecule has 0 spiro atoms. The van der Waals surface area contributed by atoms with E-state index in [0.29, 0.717) is 25.0 Å². The van der Waals surface area contributed by atoms with Gasteiger partial charge < -0.3 is 15.0 Å². The highest BCUT2D eigenvalue weighted by molar-refractivity contribution is 14.2. The molecule has 1 N–H and O–H groups in total. The van der Waals surface area contributed by atoms with E-state index in [1.807, 2.05) is 42.0 Å². The Bertz CT molecular complexity index is 1010. The second kappa shape index (κ2) is 8.64. The van der Waals surface area contributed by atoms with Crippen molar-refractivity contribution >= 4 is 53.0 Å². The van der Waals surface area contributed by atoms with Gasteiger partial charge >= 0.3 is 0 Å². The van der Waals surface area contributed by atoms with Gasteiger partial charge in [-0.25, -0.2) is 4.39 Å². The Morgan fingerprint density at radius 2 is 2.24 bits per heavy atom. The van der Waals surface area contributed by atoms with Gasteiger partial charge in [0, 0.05) is 49.6 Å². The lowest BCUT2D eigenvalue weighted by molar-refractivity contribution is 0.0994. The predicted molar refractivity (Wildman–Crippen MR) is 122 cm³/mol. The molecular formula is C18H23FIN7OS. The quantitative estimate of drug-likeness (QED) is 0.480. The third-order valence-electron chi connectivity index (χ3n) is 5.15. The van der Waals surface area contributed by atoms with Gasteiger partial charge in [0.25, 0.3) is 0 Å². The van der Waals surface area contributed by atoms with Gasteiger partial charge in [0.05, 0.1) is 35.6 Å². The zero-order chi connectivity index (χ0) is 20.5. The molecule has 0 aromatic carbocycles. The van der Waals surface area contributed by atoms with E-state index < -0.39 is 6.17 Å². The van der Waals surface area contributed by atoms with Crippen molar-refractivity contribution in [3.05, 3.63) is 24.2 Å². The van der Waals surface area contributed by atoms with Crippen molar-refractivity contribution in [2.75, 3.05) is 32.1 Å². The van der Waals surface area contributed by atoms with Crippen molar-refractivity contribution < 1.29 is 9.13 Å². The summed E-state index contributed by atoms with van der Waals surface area (Å²) in [6.45, 7) is 5.66. The van der Waals surface area contributed by atoms with E-state index in [4.69, 9.17) is 4.74 Å². The predicted octanol–water partition coefficient (Wildman–Crippen LogP) is 4.14. The third-order valence-corrected chi connectivity index (χ3v) is 6.86. The Labute approximate surface area is 184 Å². The van der Waals surface area contributed by atoms with E-state index >= 15 is 0 Å². The SMILES string of the molecule is CCOc1nc(Nc2cnn(C3CCN(C)CC3F)c2C)nc2c1ccn2SI. The average Bonchev–Trinajstić information content (AvgIpc) is 3.26. The summed E-state index contributed by atoms with van der Waals surface area (Å²) >= 11 is 2.21. The summed E-state index contributed by atoms with van der Waals surface area (Å²) in [4.78, 5) is 11.2. The van der Waals surface area contributed by atoms with E-state index in [1.54, 1.807) is 10.9 Å². The highest BCUT2D eigenvalue weighted by atomic mass is 127. The fourth-order valence-electron chi connectivity index (χ4n) is 3.64. The van der Waals surface area contributed by atoms with Gasteiger partial charge in [-0.1, -0.05) is 0 Å². The number of piperidine rings is 1. The fraction of sp³-hybridized carbons (Fsp3) is 0.500. The molecule has 3 aromatic rings. The van der Waals surface area contributed by atoms with Crippen molar-refractivity contribution in [2.24, 2.45) is 0 Å². The van der Waals surface area contributed by atoms with E-state index in [1.165, 1.54) is 9.12 Å². The van der Waals surface area contributed by atoms with Gasteiger partial charge in [-0.2, -0.15) is 15.1 Å². The van der Waals surface area contributed by atoms with Crippen molar-refractivity contribution in [3.63, 3.8) is 0 Å². The van der Waals surface area contributed by atoms with Gasteiger partial charge in [-0.3, -0.25) is 8.65 Å². The summed E-state index contributed by atoms with van der Waals surface area (Å²) in [6.07, 6.45) is 3.44. The molecule has 1 saturated heterocycles. The average molecular weight is 531 g/mol. The minimum absolute atomic E-state index is 0.253. The van der Waals surface area contributed by atoms with Crippen molar-refractivity contribution in [1.29, 1.82) is 0 Å². The van der Waals surface area contributed by atoms with Gasteiger partial charge in [0.2, 0.25) is 11.8 Å². The maximum absolute atomic E-state index is 14.6. The van der Waals surface area contributed by atoms with Crippen LogP contribution in [-0.4, -0.2) is 61.5 Å². The zero-order valence-electron chi connectivity index (χ0n) is 16.5. The van der Waals surface area contributed by atoms with E-state index in [0.717, 1.165) is 35.4 Å². The lowest BCUT2D eigenvalue weighted by atomic mass is 10.0. The van der Waals surface area contributed by atoms with Crippen molar-refractivity contribution in [3.8, 4) is 5.88 Å². The molecular weight excluding hydrogens is 508 g/mol. The number of hydrogen-bond acceptors (Lipinski definition) is 7. The Hall–Kier alpha value is -1.60. The largest absolute Gasteiger partial charge is 0.477 e. The standard InChI is InChI=1S/C18H23FIN7OS/c1-4-28-17-12-5-8-26(29-20)16(12)23-18(24-17)22-14-9-21-27(11(14)2)15-6-7-25(3)10-13(15)19/h5,8-9,13,15H,4,6-7,10H2,1-3H3,(H,22,23,24). The van der Waals surface area contributed by atoms with Crippen LogP contribution >= 0.6 is 30.3 Å². The number of alkyl halides is 1. The molecule has 2 atom stereocenters. The van der Waals surface area contributed by atoms with Gasteiger partial charge in [0.1, 0.15) is 6.17 Å². The molecule has 2 unspecified atom stereocenters. The molecule has 29 heavy (non-hydrogen) atoms. The molecule has 0 aliphatic carbocycles. The molecule has 1 aliphatic rings. The molecule has 156 valence electrons. The number of fused-ring (bicyclic) bond motifs is 1. The van der Waals surface area contributed by atoms with Crippen LogP contribution in [0.3, 0.4) is 0 Å². The first-order chi connectivity index (χ1) is 14.0. The second-order valence-corrected chi connectivity index (χ2v) is 8.79. The van der Waals surface area contributed by atoms with E-state index in [-0.39, 0.29) is 6.04 Å². The number of nitrogens with one attached hydrogen (secondary N) is 1. The van der Waals surface area contributed by atoms with Crippen LogP contribution in [0.2, 0.25) is 0 Å².